The van der Waals surface area contributed by atoms with E-state index in [2.05, 4.69) is 0 Å². The van der Waals surface area contributed by atoms with Crippen molar-refractivity contribution >= 4 is 5.69 Å². The Morgan fingerprint density at radius 3 is 2.64 bits per heavy atom. The average molecular weight is 312 g/mol. The first-order valence-electron chi connectivity index (χ1n) is 7.13. The molecule has 0 spiro atoms. The third-order valence-corrected chi connectivity index (χ3v) is 2.94. The number of rotatable bonds is 9. The molecule has 0 bridgehead atoms. The number of nitrogens with zero attached hydrogens (tertiary/aromatic N) is 2. The van der Waals surface area contributed by atoms with Crippen LogP contribution in [0, 0.1) is 10.1 Å². The molecule has 0 aliphatic rings. The molecule has 1 aromatic carbocycles. The Morgan fingerprint density at radius 1 is 1.41 bits per heavy atom. The summed E-state index contributed by atoms with van der Waals surface area (Å²) in [6.45, 7) is 4.88. The first-order chi connectivity index (χ1) is 10.3. The number of nitro groups is 1. The Labute approximate surface area is 130 Å². The second kappa shape index (κ2) is 8.67. The van der Waals surface area contributed by atoms with Crippen molar-refractivity contribution in [2.24, 2.45) is 0 Å². The van der Waals surface area contributed by atoms with E-state index >= 15 is 0 Å². The SMILES string of the molecule is COCC(O)CN(C)Cc1cc([N+](=O)[O-])ccc1OC(C)C. The minimum Gasteiger partial charge on any atom is -0.491 e. The number of non-ortho nitro benzene ring substituents is 1. The van der Waals surface area contributed by atoms with Crippen LogP contribution in [-0.2, 0) is 11.3 Å². The van der Waals surface area contributed by atoms with Gasteiger partial charge in [-0.15, -0.1) is 0 Å². The van der Waals surface area contributed by atoms with Crippen molar-refractivity contribution < 1.29 is 19.5 Å². The summed E-state index contributed by atoms with van der Waals surface area (Å²) < 4.78 is 10.6. The molecule has 0 amide bonds. The van der Waals surface area contributed by atoms with Crippen molar-refractivity contribution in [1.29, 1.82) is 0 Å². The largest absolute Gasteiger partial charge is 0.491 e. The number of hydrogen-bond donors (Lipinski definition) is 1. The van der Waals surface area contributed by atoms with Crippen LogP contribution in [0.25, 0.3) is 0 Å². The molecule has 1 rings (SSSR count). The number of nitro benzene ring substituents is 1. The van der Waals surface area contributed by atoms with E-state index < -0.39 is 11.0 Å². The van der Waals surface area contributed by atoms with Gasteiger partial charge in [-0.05, 0) is 27.0 Å². The summed E-state index contributed by atoms with van der Waals surface area (Å²) in [5.41, 5.74) is 0.743. The standard InChI is InChI=1S/C15H24N2O5/c1-11(2)22-15-6-5-13(17(19)20)7-12(15)8-16(3)9-14(18)10-21-4/h5-7,11,14,18H,8-10H2,1-4H3. The molecule has 1 unspecified atom stereocenters. The van der Waals surface area contributed by atoms with Gasteiger partial charge in [-0.3, -0.25) is 15.0 Å². The third-order valence-electron chi connectivity index (χ3n) is 2.94. The average Bonchev–Trinajstić information content (AvgIpc) is 2.39. The second-order valence-corrected chi connectivity index (χ2v) is 5.52. The maximum Gasteiger partial charge on any atom is 0.270 e. The zero-order chi connectivity index (χ0) is 16.7. The lowest BCUT2D eigenvalue weighted by Gasteiger charge is -2.22. The Kier molecular flexibility index (Phi) is 7.23. The van der Waals surface area contributed by atoms with E-state index in [0.717, 1.165) is 5.56 Å². The fourth-order valence-electron chi connectivity index (χ4n) is 2.13. The lowest BCUT2D eigenvalue weighted by atomic mass is 10.1. The minimum absolute atomic E-state index is 0.0235. The lowest BCUT2D eigenvalue weighted by Crippen LogP contribution is -2.31. The molecule has 0 saturated heterocycles. The summed E-state index contributed by atoms with van der Waals surface area (Å²) >= 11 is 0. The van der Waals surface area contributed by atoms with Crippen molar-refractivity contribution in [2.45, 2.75) is 32.6 Å². The Bertz CT molecular complexity index is 493. The highest BCUT2D eigenvalue weighted by Crippen LogP contribution is 2.26. The molecular formula is C15H24N2O5. The van der Waals surface area contributed by atoms with Crippen molar-refractivity contribution in [2.75, 3.05) is 27.3 Å². The number of aliphatic hydroxyl groups excluding tert-OH is 1. The van der Waals surface area contributed by atoms with Crippen LogP contribution >= 0.6 is 0 Å². The van der Waals surface area contributed by atoms with Crippen molar-refractivity contribution in [3.05, 3.63) is 33.9 Å². The zero-order valence-electron chi connectivity index (χ0n) is 13.5. The fraction of sp³-hybridized carbons (Fsp3) is 0.600. The Balaban J connectivity index is 2.88. The van der Waals surface area contributed by atoms with Crippen LogP contribution in [0.5, 0.6) is 5.75 Å². The van der Waals surface area contributed by atoms with E-state index in [0.29, 0.717) is 18.8 Å². The van der Waals surface area contributed by atoms with Gasteiger partial charge in [0.15, 0.2) is 0 Å². The van der Waals surface area contributed by atoms with Gasteiger partial charge < -0.3 is 14.6 Å². The number of likely N-dealkylation sites (N-methyl/N-ethyl adjacent to an activating group) is 1. The molecule has 0 aliphatic carbocycles. The van der Waals surface area contributed by atoms with E-state index in [9.17, 15) is 15.2 Å². The lowest BCUT2D eigenvalue weighted by molar-refractivity contribution is -0.385. The van der Waals surface area contributed by atoms with Gasteiger partial charge in [-0.1, -0.05) is 0 Å². The highest BCUT2D eigenvalue weighted by atomic mass is 16.6. The van der Waals surface area contributed by atoms with Crippen LogP contribution in [-0.4, -0.2) is 54.4 Å². The molecule has 7 heteroatoms. The molecule has 0 aromatic heterocycles. The molecule has 0 saturated carbocycles. The van der Waals surface area contributed by atoms with Crippen LogP contribution in [0.15, 0.2) is 18.2 Å². The van der Waals surface area contributed by atoms with Crippen molar-refractivity contribution in [3.63, 3.8) is 0 Å². The normalized spacial score (nSPS) is 12.7. The molecule has 0 fully saturated rings. The van der Waals surface area contributed by atoms with Gasteiger partial charge in [-0.2, -0.15) is 0 Å². The third kappa shape index (κ3) is 5.97. The predicted octanol–water partition coefficient (Wildman–Crippen LogP) is 1.82. The molecule has 0 aliphatic heterocycles. The predicted molar refractivity (Wildman–Crippen MR) is 83.1 cm³/mol. The number of aliphatic hydroxyl groups is 1. The van der Waals surface area contributed by atoms with Gasteiger partial charge in [0, 0.05) is 37.9 Å². The molecule has 22 heavy (non-hydrogen) atoms. The summed E-state index contributed by atoms with van der Waals surface area (Å²) in [5.74, 6) is 0.619. The summed E-state index contributed by atoms with van der Waals surface area (Å²) in [6.07, 6.45) is -0.632. The van der Waals surface area contributed by atoms with Gasteiger partial charge in [0.1, 0.15) is 5.75 Å². The van der Waals surface area contributed by atoms with Crippen LogP contribution in [0.2, 0.25) is 0 Å². The summed E-state index contributed by atoms with van der Waals surface area (Å²) in [5, 5.41) is 20.7. The number of hydrogen-bond acceptors (Lipinski definition) is 6. The summed E-state index contributed by atoms with van der Waals surface area (Å²) in [4.78, 5) is 12.4. The van der Waals surface area contributed by atoms with Gasteiger partial charge in [0.2, 0.25) is 0 Å². The van der Waals surface area contributed by atoms with Crippen molar-refractivity contribution in [3.8, 4) is 5.75 Å². The monoisotopic (exact) mass is 312 g/mol. The smallest absolute Gasteiger partial charge is 0.270 e. The quantitative estimate of drug-likeness (QED) is 0.553. The first kappa shape index (κ1) is 18.3. The van der Waals surface area contributed by atoms with E-state index in [-0.39, 0.29) is 18.4 Å². The maximum atomic E-state index is 10.9. The molecule has 1 aromatic rings. The van der Waals surface area contributed by atoms with Gasteiger partial charge in [-0.25, -0.2) is 0 Å². The van der Waals surface area contributed by atoms with Crippen LogP contribution in [0.4, 0.5) is 5.69 Å². The van der Waals surface area contributed by atoms with Crippen molar-refractivity contribution in [1.82, 2.24) is 4.90 Å². The summed E-state index contributed by atoms with van der Waals surface area (Å²) in [6, 6.07) is 4.56. The molecule has 7 nitrogen and oxygen atoms in total. The molecular weight excluding hydrogens is 288 g/mol. The van der Waals surface area contributed by atoms with E-state index in [1.165, 1.54) is 19.2 Å². The van der Waals surface area contributed by atoms with E-state index in [4.69, 9.17) is 9.47 Å². The highest BCUT2D eigenvalue weighted by Gasteiger charge is 2.16. The second-order valence-electron chi connectivity index (χ2n) is 5.52. The highest BCUT2D eigenvalue weighted by molar-refractivity contribution is 5.43. The molecule has 1 atom stereocenters. The molecule has 1 N–H and O–H groups in total. The topological polar surface area (TPSA) is 85.1 Å². The number of methoxy groups -OCH3 is 1. The number of benzene rings is 1. The van der Waals surface area contributed by atoms with Gasteiger partial charge in [0.25, 0.3) is 5.69 Å². The fourth-order valence-corrected chi connectivity index (χ4v) is 2.13. The maximum absolute atomic E-state index is 10.9. The molecule has 124 valence electrons. The molecule has 0 radical (unpaired) electrons. The van der Waals surface area contributed by atoms with E-state index in [1.54, 1.807) is 6.07 Å². The zero-order valence-corrected chi connectivity index (χ0v) is 13.5. The van der Waals surface area contributed by atoms with Crippen LogP contribution in [0.3, 0.4) is 0 Å². The van der Waals surface area contributed by atoms with E-state index in [1.807, 2.05) is 25.8 Å². The van der Waals surface area contributed by atoms with Gasteiger partial charge >= 0.3 is 0 Å². The van der Waals surface area contributed by atoms with Crippen LogP contribution in [0.1, 0.15) is 19.4 Å². The Morgan fingerprint density at radius 2 is 2.09 bits per heavy atom. The minimum atomic E-state index is -0.608. The number of ether oxygens (including phenoxy) is 2. The summed E-state index contributed by atoms with van der Waals surface area (Å²) in [7, 11) is 3.36. The molecule has 0 heterocycles. The first-order valence-corrected chi connectivity index (χ1v) is 7.13. The Hall–Kier alpha value is -1.70. The van der Waals surface area contributed by atoms with Gasteiger partial charge in [0.05, 0.1) is 23.7 Å². The van der Waals surface area contributed by atoms with Crippen LogP contribution < -0.4 is 4.74 Å².